The molecule has 9 heteroatoms. The highest BCUT2D eigenvalue weighted by atomic mass is 35.5. The Bertz CT molecular complexity index is 1240. The average Bonchev–Trinajstić information content (AvgIpc) is 3.23. The second-order valence-corrected chi connectivity index (χ2v) is 7.53. The Labute approximate surface area is 167 Å². The maximum atomic E-state index is 13.9. The van der Waals surface area contributed by atoms with Crippen LogP contribution in [0.25, 0.3) is 21.5 Å². The van der Waals surface area contributed by atoms with E-state index in [-0.39, 0.29) is 21.5 Å². The van der Waals surface area contributed by atoms with E-state index in [2.05, 4.69) is 15.5 Å². The summed E-state index contributed by atoms with van der Waals surface area (Å²) in [6, 6.07) is 6.56. The number of fused-ring (bicyclic) bond motifs is 1. The Morgan fingerprint density at radius 2 is 1.96 bits per heavy atom. The highest BCUT2D eigenvalue weighted by Crippen LogP contribution is 2.32. The molecule has 5 nitrogen and oxygen atoms in total. The highest BCUT2D eigenvalue weighted by molar-refractivity contribution is 7.18. The number of nitrogens with one attached hydrogen (secondary N) is 1. The average molecular weight is 420 g/mol. The van der Waals surface area contributed by atoms with E-state index in [0.29, 0.717) is 16.2 Å². The lowest BCUT2D eigenvalue weighted by Crippen LogP contribution is -2.11. The van der Waals surface area contributed by atoms with Gasteiger partial charge in [-0.2, -0.15) is 0 Å². The first-order valence-electron chi connectivity index (χ1n) is 8.13. The topological polar surface area (TPSA) is 68.0 Å². The number of halogens is 3. The van der Waals surface area contributed by atoms with Crippen molar-refractivity contribution in [3.63, 3.8) is 0 Å². The number of nitrogens with zero attached hydrogens (tertiary/aromatic N) is 2. The van der Waals surface area contributed by atoms with Crippen LogP contribution in [0.4, 0.5) is 13.9 Å². The molecular weight excluding hydrogens is 408 g/mol. The fourth-order valence-electron chi connectivity index (χ4n) is 2.76. The van der Waals surface area contributed by atoms with Crippen molar-refractivity contribution in [1.29, 1.82) is 0 Å². The molecule has 2 aromatic heterocycles. The fourth-order valence-corrected chi connectivity index (χ4v) is 3.68. The summed E-state index contributed by atoms with van der Waals surface area (Å²) < 4.78 is 32.9. The van der Waals surface area contributed by atoms with E-state index < -0.39 is 17.5 Å². The minimum absolute atomic E-state index is 0.0250. The first kappa shape index (κ1) is 18.5. The van der Waals surface area contributed by atoms with Gasteiger partial charge in [-0.3, -0.25) is 10.1 Å². The molecule has 2 aromatic carbocycles. The Morgan fingerprint density at radius 1 is 1.18 bits per heavy atom. The number of aromatic nitrogens is 2. The van der Waals surface area contributed by atoms with Crippen LogP contribution >= 0.6 is 22.9 Å². The molecule has 0 aliphatic carbocycles. The van der Waals surface area contributed by atoms with Gasteiger partial charge in [0.05, 0.1) is 5.56 Å². The van der Waals surface area contributed by atoms with Crippen molar-refractivity contribution >= 4 is 44.9 Å². The van der Waals surface area contributed by atoms with Gasteiger partial charge in [0, 0.05) is 16.0 Å². The molecule has 0 saturated carbocycles. The zero-order valence-electron chi connectivity index (χ0n) is 14.6. The molecule has 4 aromatic rings. The van der Waals surface area contributed by atoms with Crippen LogP contribution in [0.1, 0.15) is 21.7 Å². The smallest absolute Gasteiger partial charge is 0.293 e. The van der Waals surface area contributed by atoms with Gasteiger partial charge in [0.25, 0.3) is 5.91 Å². The number of anilines is 1. The molecule has 0 atom stereocenters. The summed E-state index contributed by atoms with van der Waals surface area (Å²) in [4.78, 5) is 12.6. The number of rotatable bonds is 3. The van der Waals surface area contributed by atoms with Crippen LogP contribution in [0.3, 0.4) is 0 Å². The highest BCUT2D eigenvalue weighted by Gasteiger charge is 2.21. The largest absolute Gasteiger partial charge is 0.451 e. The predicted molar refractivity (Wildman–Crippen MR) is 104 cm³/mol. The van der Waals surface area contributed by atoms with E-state index in [0.717, 1.165) is 40.5 Å². The number of furan rings is 1. The molecule has 0 saturated heterocycles. The zero-order valence-corrected chi connectivity index (χ0v) is 16.2. The van der Waals surface area contributed by atoms with E-state index in [1.807, 2.05) is 6.92 Å². The van der Waals surface area contributed by atoms with Gasteiger partial charge in [0.1, 0.15) is 17.2 Å². The third-order valence-corrected chi connectivity index (χ3v) is 5.51. The quantitative estimate of drug-likeness (QED) is 0.459. The lowest BCUT2D eigenvalue weighted by Gasteiger charge is -1.99. The van der Waals surface area contributed by atoms with Gasteiger partial charge >= 0.3 is 0 Å². The molecule has 0 spiro atoms. The minimum atomic E-state index is -0.629. The number of aryl methyl sites for hydroxylation is 2. The first-order chi connectivity index (χ1) is 13.3. The van der Waals surface area contributed by atoms with Gasteiger partial charge < -0.3 is 4.42 Å². The maximum absolute atomic E-state index is 13.9. The number of carbonyl (C=O) groups is 1. The molecule has 0 aliphatic rings. The summed E-state index contributed by atoms with van der Waals surface area (Å²) in [7, 11) is 0. The first-order valence-corrected chi connectivity index (χ1v) is 9.32. The Morgan fingerprint density at radius 3 is 2.75 bits per heavy atom. The summed E-state index contributed by atoms with van der Waals surface area (Å²) >= 11 is 7.07. The van der Waals surface area contributed by atoms with Crippen LogP contribution < -0.4 is 5.32 Å². The van der Waals surface area contributed by atoms with E-state index in [1.54, 1.807) is 19.1 Å². The van der Waals surface area contributed by atoms with E-state index >= 15 is 0 Å². The van der Waals surface area contributed by atoms with Crippen molar-refractivity contribution in [2.45, 2.75) is 13.8 Å². The molecule has 28 heavy (non-hydrogen) atoms. The van der Waals surface area contributed by atoms with Crippen molar-refractivity contribution < 1.29 is 18.0 Å². The van der Waals surface area contributed by atoms with Crippen molar-refractivity contribution in [3.8, 4) is 10.6 Å². The van der Waals surface area contributed by atoms with Gasteiger partial charge in [0.15, 0.2) is 10.8 Å². The van der Waals surface area contributed by atoms with Gasteiger partial charge in [-0.1, -0.05) is 22.9 Å². The summed E-state index contributed by atoms with van der Waals surface area (Å²) in [5.41, 5.74) is 1.99. The summed E-state index contributed by atoms with van der Waals surface area (Å²) in [5.74, 6) is -1.63. The molecular formula is C19H12ClF2N3O2S. The molecule has 0 fully saturated rings. The SMILES string of the molecule is Cc1cc2oc(C(=O)Nc3nnc(-c4cc(F)ccc4F)s3)c(C)c2cc1Cl. The number of amides is 1. The molecule has 0 unspecified atom stereocenters. The van der Waals surface area contributed by atoms with E-state index in [4.69, 9.17) is 16.0 Å². The van der Waals surface area contributed by atoms with Gasteiger partial charge in [-0.15, -0.1) is 10.2 Å². The Kier molecular flexibility index (Phi) is 4.60. The second kappa shape index (κ2) is 6.96. The molecule has 0 radical (unpaired) electrons. The van der Waals surface area contributed by atoms with Crippen LogP contribution in [0.15, 0.2) is 34.7 Å². The second-order valence-electron chi connectivity index (χ2n) is 6.14. The fraction of sp³-hybridized carbons (Fsp3) is 0.105. The van der Waals surface area contributed by atoms with Crippen molar-refractivity contribution in [1.82, 2.24) is 10.2 Å². The van der Waals surface area contributed by atoms with Crippen LogP contribution in [0, 0.1) is 25.5 Å². The van der Waals surface area contributed by atoms with Gasteiger partial charge in [-0.25, -0.2) is 8.78 Å². The zero-order chi connectivity index (χ0) is 20.0. The number of hydrogen-bond acceptors (Lipinski definition) is 5. The summed E-state index contributed by atoms with van der Waals surface area (Å²) in [5, 5.41) is 11.8. The predicted octanol–water partition coefficient (Wildman–Crippen LogP) is 5.75. The monoisotopic (exact) mass is 419 g/mol. The number of benzene rings is 2. The van der Waals surface area contributed by atoms with Crippen LogP contribution in [0.2, 0.25) is 5.02 Å². The number of carbonyl (C=O) groups excluding carboxylic acids is 1. The minimum Gasteiger partial charge on any atom is -0.451 e. The van der Waals surface area contributed by atoms with Crippen molar-refractivity contribution in [3.05, 3.63) is 63.9 Å². The van der Waals surface area contributed by atoms with Gasteiger partial charge in [-0.05, 0) is 49.7 Å². The van der Waals surface area contributed by atoms with E-state index in [9.17, 15) is 13.6 Å². The molecule has 0 bridgehead atoms. The number of hydrogen-bond donors (Lipinski definition) is 1. The lowest BCUT2D eigenvalue weighted by molar-refractivity contribution is 0.0998. The lowest BCUT2D eigenvalue weighted by atomic mass is 10.1. The summed E-state index contributed by atoms with van der Waals surface area (Å²) in [6.45, 7) is 3.59. The molecule has 2 heterocycles. The molecule has 142 valence electrons. The maximum Gasteiger partial charge on any atom is 0.293 e. The van der Waals surface area contributed by atoms with Crippen molar-refractivity contribution in [2.75, 3.05) is 5.32 Å². The summed E-state index contributed by atoms with van der Waals surface area (Å²) in [6.07, 6.45) is 0. The third-order valence-electron chi connectivity index (χ3n) is 4.23. The Balaban J connectivity index is 1.63. The molecule has 1 amide bonds. The standard InChI is InChI=1S/C19H12ClF2N3O2S/c1-8-5-15-11(7-13(8)20)9(2)16(27-15)17(26)23-19-25-24-18(28-19)12-6-10(21)3-4-14(12)22/h3-7H,1-2H3,(H,23,25,26). The molecule has 1 N–H and O–H groups in total. The van der Waals surface area contributed by atoms with Gasteiger partial charge in [0.2, 0.25) is 5.13 Å². The van der Waals surface area contributed by atoms with Crippen molar-refractivity contribution in [2.24, 2.45) is 0 Å². The van der Waals surface area contributed by atoms with Crippen LogP contribution in [-0.4, -0.2) is 16.1 Å². The normalized spacial score (nSPS) is 11.2. The van der Waals surface area contributed by atoms with Crippen LogP contribution in [0.5, 0.6) is 0 Å². The molecule has 0 aliphatic heterocycles. The van der Waals surface area contributed by atoms with E-state index in [1.165, 1.54) is 0 Å². The van der Waals surface area contributed by atoms with Crippen LogP contribution in [-0.2, 0) is 0 Å². The third kappa shape index (κ3) is 3.25. The molecule has 4 rings (SSSR count). The Hall–Kier alpha value is -2.84.